The zero-order valence-electron chi connectivity index (χ0n) is 18.1. The van der Waals surface area contributed by atoms with Gasteiger partial charge in [-0.15, -0.1) is 35.3 Å². The highest BCUT2D eigenvalue weighted by atomic mass is 127. The fourth-order valence-corrected chi connectivity index (χ4v) is 5.46. The van der Waals surface area contributed by atoms with Crippen molar-refractivity contribution in [1.29, 1.82) is 0 Å². The number of thiophene rings is 1. The molecule has 0 saturated carbocycles. The molecular weight excluding hydrogens is 539 g/mol. The van der Waals surface area contributed by atoms with Crippen LogP contribution in [0.2, 0.25) is 0 Å². The number of nitrogens with one attached hydrogen (secondary N) is 1. The van der Waals surface area contributed by atoms with E-state index in [9.17, 15) is 8.42 Å². The number of likely N-dealkylation sites (tertiary alicyclic amines) is 1. The molecule has 2 rings (SSSR count). The molecule has 0 unspecified atom stereocenters. The van der Waals surface area contributed by atoms with E-state index >= 15 is 0 Å². The average molecular weight is 575 g/mol. The molecule has 11 heteroatoms. The van der Waals surface area contributed by atoms with Crippen molar-refractivity contribution in [2.24, 2.45) is 4.99 Å². The van der Waals surface area contributed by atoms with Crippen LogP contribution in [0.5, 0.6) is 0 Å². The molecule has 1 aromatic rings. The highest BCUT2D eigenvalue weighted by Gasteiger charge is 2.23. The van der Waals surface area contributed by atoms with Crippen molar-refractivity contribution < 1.29 is 17.9 Å². The van der Waals surface area contributed by atoms with Gasteiger partial charge in [0.1, 0.15) is 4.21 Å². The Kier molecular flexibility index (Phi) is 13.4. The molecule has 174 valence electrons. The number of sulfonamides is 1. The highest BCUT2D eigenvalue weighted by molar-refractivity contribution is 14.0. The number of hydrogen-bond donors (Lipinski definition) is 1. The minimum atomic E-state index is -3.43. The van der Waals surface area contributed by atoms with E-state index in [1.54, 1.807) is 31.7 Å². The lowest BCUT2D eigenvalue weighted by atomic mass is 10.1. The summed E-state index contributed by atoms with van der Waals surface area (Å²) in [5, 5.41) is 5.09. The molecule has 0 bridgehead atoms. The van der Waals surface area contributed by atoms with Crippen molar-refractivity contribution in [1.82, 2.24) is 14.5 Å². The lowest BCUT2D eigenvalue weighted by molar-refractivity contribution is 0.00990. The van der Waals surface area contributed by atoms with Crippen LogP contribution in [0, 0.1) is 0 Å². The Balaban J connectivity index is 0.00000450. The topological polar surface area (TPSA) is 83.5 Å². The van der Waals surface area contributed by atoms with Crippen LogP contribution in [0.15, 0.2) is 26.7 Å². The quantitative estimate of drug-likeness (QED) is 0.189. The van der Waals surface area contributed by atoms with Crippen molar-refractivity contribution in [3.63, 3.8) is 0 Å². The van der Waals surface area contributed by atoms with Gasteiger partial charge in [0, 0.05) is 53.6 Å². The van der Waals surface area contributed by atoms with E-state index in [1.807, 2.05) is 6.92 Å². The number of halogens is 1. The van der Waals surface area contributed by atoms with Crippen LogP contribution in [0.4, 0.5) is 0 Å². The van der Waals surface area contributed by atoms with Gasteiger partial charge < -0.3 is 19.7 Å². The summed E-state index contributed by atoms with van der Waals surface area (Å²) in [7, 11) is -0.123. The lowest BCUT2D eigenvalue weighted by Crippen LogP contribution is -2.47. The van der Waals surface area contributed by atoms with Crippen LogP contribution in [-0.2, 0) is 19.5 Å². The van der Waals surface area contributed by atoms with Gasteiger partial charge in [0.15, 0.2) is 5.96 Å². The second-order valence-corrected chi connectivity index (χ2v) is 10.1. The summed E-state index contributed by atoms with van der Waals surface area (Å²) in [5.74, 6) is 0.840. The Morgan fingerprint density at radius 2 is 2.10 bits per heavy atom. The van der Waals surface area contributed by atoms with Crippen molar-refractivity contribution in [2.45, 2.75) is 36.5 Å². The van der Waals surface area contributed by atoms with Crippen LogP contribution >= 0.6 is 35.3 Å². The predicted molar refractivity (Wildman–Crippen MR) is 133 cm³/mol. The van der Waals surface area contributed by atoms with Crippen LogP contribution in [-0.4, -0.2) is 89.8 Å². The second-order valence-electron chi connectivity index (χ2n) is 6.90. The molecule has 0 aromatic carbocycles. The van der Waals surface area contributed by atoms with Gasteiger partial charge in [0.25, 0.3) is 10.0 Å². The van der Waals surface area contributed by atoms with Crippen molar-refractivity contribution in [3.05, 3.63) is 17.5 Å². The van der Waals surface area contributed by atoms with Gasteiger partial charge >= 0.3 is 0 Å². The summed E-state index contributed by atoms with van der Waals surface area (Å²) in [4.78, 5) is 6.88. The molecular formula is C19H35IN4O4S2. The van der Waals surface area contributed by atoms with E-state index in [2.05, 4.69) is 15.2 Å². The zero-order valence-corrected chi connectivity index (χ0v) is 22.0. The maximum atomic E-state index is 12.5. The van der Waals surface area contributed by atoms with Gasteiger partial charge in [-0.2, -0.15) is 4.31 Å². The minimum Gasteiger partial charge on any atom is -0.385 e. The van der Waals surface area contributed by atoms with E-state index in [0.29, 0.717) is 17.3 Å². The van der Waals surface area contributed by atoms with Crippen LogP contribution < -0.4 is 5.32 Å². The summed E-state index contributed by atoms with van der Waals surface area (Å²) in [6.07, 6.45) is 3.13. The standard InChI is InChI=1S/C19H34N4O4S2.HI/c1-4-20-19(23-11-8-17(9-12-23)27-15-6-14-26-3)21-10-13-22(2)29(24,25)18-7-5-16-28-18;/h5,7,16-17H,4,6,8-15H2,1-3H3,(H,20,21);1H. The summed E-state index contributed by atoms with van der Waals surface area (Å²) < 4.78 is 37.7. The van der Waals surface area contributed by atoms with Crippen LogP contribution in [0.3, 0.4) is 0 Å². The first-order valence-corrected chi connectivity index (χ1v) is 12.4. The van der Waals surface area contributed by atoms with E-state index in [-0.39, 0.29) is 30.1 Å². The summed E-state index contributed by atoms with van der Waals surface area (Å²) >= 11 is 1.23. The first-order chi connectivity index (χ1) is 14.0. The molecule has 30 heavy (non-hydrogen) atoms. The summed E-state index contributed by atoms with van der Waals surface area (Å²) in [6, 6.07) is 3.38. The number of methoxy groups -OCH3 is 1. The first kappa shape index (κ1) is 27.6. The molecule has 0 atom stereocenters. The van der Waals surface area contributed by atoms with Crippen LogP contribution in [0.25, 0.3) is 0 Å². The highest BCUT2D eigenvalue weighted by Crippen LogP contribution is 2.19. The number of likely N-dealkylation sites (N-methyl/N-ethyl adjacent to an activating group) is 1. The largest absolute Gasteiger partial charge is 0.385 e. The molecule has 1 aromatic heterocycles. The van der Waals surface area contributed by atoms with E-state index in [0.717, 1.165) is 58.1 Å². The Hall–Kier alpha value is -0.470. The number of nitrogens with zero attached hydrogens (tertiary/aromatic N) is 3. The number of ether oxygens (including phenoxy) is 2. The monoisotopic (exact) mass is 574 g/mol. The molecule has 8 nitrogen and oxygen atoms in total. The molecule has 1 aliphatic rings. The Morgan fingerprint density at radius 3 is 2.70 bits per heavy atom. The van der Waals surface area contributed by atoms with E-state index < -0.39 is 10.0 Å². The molecule has 1 saturated heterocycles. The third-order valence-corrected chi connectivity index (χ3v) is 7.99. The molecule has 1 aliphatic heterocycles. The fraction of sp³-hybridized carbons (Fsp3) is 0.737. The Morgan fingerprint density at radius 1 is 1.37 bits per heavy atom. The van der Waals surface area contributed by atoms with Gasteiger partial charge in [-0.25, -0.2) is 8.42 Å². The maximum absolute atomic E-state index is 12.5. The number of aliphatic imine (C=N–C) groups is 1. The number of guanidine groups is 1. The molecule has 0 radical (unpaired) electrons. The van der Waals surface area contributed by atoms with Gasteiger partial charge in [0.05, 0.1) is 12.6 Å². The molecule has 1 N–H and O–H groups in total. The van der Waals surface area contributed by atoms with Crippen molar-refractivity contribution in [3.8, 4) is 0 Å². The number of rotatable bonds is 11. The third kappa shape index (κ3) is 8.58. The van der Waals surface area contributed by atoms with Gasteiger partial charge in [-0.3, -0.25) is 4.99 Å². The van der Waals surface area contributed by atoms with Crippen molar-refractivity contribution >= 4 is 51.3 Å². The smallest absolute Gasteiger partial charge is 0.252 e. The predicted octanol–water partition coefficient (Wildman–Crippen LogP) is 2.47. The average Bonchev–Trinajstić information content (AvgIpc) is 3.27. The number of hydrogen-bond acceptors (Lipinski definition) is 6. The second kappa shape index (κ2) is 14.6. The minimum absolute atomic E-state index is 0. The Bertz CT molecular complexity index is 708. The van der Waals surface area contributed by atoms with Gasteiger partial charge in [-0.1, -0.05) is 6.07 Å². The number of piperidine rings is 1. The van der Waals surface area contributed by atoms with E-state index in [4.69, 9.17) is 9.47 Å². The van der Waals surface area contributed by atoms with Crippen molar-refractivity contribution in [2.75, 3.05) is 60.1 Å². The lowest BCUT2D eigenvalue weighted by Gasteiger charge is -2.34. The molecule has 1 fully saturated rings. The normalized spacial score (nSPS) is 16.0. The van der Waals surface area contributed by atoms with Gasteiger partial charge in [0.2, 0.25) is 0 Å². The molecule has 0 spiro atoms. The molecule has 0 aliphatic carbocycles. The summed E-state index contributed by atoms with van der Waals surface area (Å²) in [5.41, 5.74) is 0. The van der Waals surface area contributed by atoms with E-state index in [1.165, 1.54) is 15.6 Å². The summed E-state index contributed by atoms with van der Waals surface area (Å²) in [6.45, 7) is 6.79. The zero-order chi connectivity index (χ0) is 21.1. The van der Waals surface area contributed by atoms with Crippen LogP contribution in [0.1, 0.15) is 26.2 Å². The SMILES string of the molecule is CCNC(=NCCN(C)S(=O)(=O)c1cccs1)N1CCC(OCCCOC)CC1.I. The maximum Gasteiger partial charge on any atom is 0.252 e. The molecule has 2 heterocycles. The van der Waals surface area contributed by atoms with Gasteiger partial charge in [-0.05, 0) is 37.6 Å². The molecule has 0 amide bonds. The Labute approximate surface area is 202 Å². The fourth-order valence-electron chi connectivity index (χ4n) is 3.09. The first-order valence-electron chi connectivity index (χ1n) is 10.1. The third-order valence-electron chi connectivity index (χ3n) is 4.76.